The van der Waals surface area contributed by atoms with Crippen LogP contribution in [0, 0.1) is 29.4 Å². The van der Waals surface area contributed by atoms with E-state index in [2.05, 4.69) is 10.8 Å². The molecule has 0 amide bonds. The molecule has 0 unspecified atom stereocenters. The van der Waals surface area contributed by atoms with E-state index in [1.807, 2.05) is 6.08 Å². The zero-order valence-corrected chi connectivity index (χ0v) is 20.4. The molecule has 0 bridgehead atoms. The number of alkyl halides is 4. The Morgan fingerprint density at radius 1 is 0.743 bits per heavy atom. The smallest absolute Gasteiger partial charge is 0.399 e. The summed E-state index contributed by atoms with van der Waals surface area (Å²) in [4.78, 5) is 0. The van der Waals surface area contributed by atoms with Gasteiger partial charge in [0.15, 0.2) is 11.6 Å². The van der Waals surface area contributed by atoms with E-state index in [0.717, 1.165) is 56.1 Å². The Morgan fingerprint density at radius 2 is 1.23 bits per heavy atom. The van der Waals surface area contributed by atoms with Gasteiger partial charge in [-0.1, -0.05) is 57.1 Å². The molecular weight excluding hydrogens is 466 g/mol. The number of rotatable bonds is 11. The van der Waals surface area contributed by atoms with Gasteiger partial charge in [0.25, 0.3) is 0 Å². The largest absolute Gasteiger partial charge is 0.573 e. The van der Waals surface area contributed by atoms with Crippen LogP contribution in [0.25, 0.3) is 0 Å². The van der Waals surface area contributed by atoms with E-state index in [9.17, 15) is 26.3 Å². The number of benzene rings is 1. The van der Waals surface area contributed by atoms with Gasteiger partial charge in [-0.15, -0.1) is 13.2 Å². The van der Waals surface area contributed by atoms with Crippen LogP contribution in [0.2, 0.25) is 0 Å². The van der Waals surface area contributed by atoms with Crippen LogP contribution in [0.15, 0.2) is 24.3 Å². The van der Waals surface area contributed by atoms with Gasteiger partial charge in [-0.2, -0.15) is 0 Å². The molecule has 0 atom stereocenters. The van der Waals surface area contributed by atoms with Crippen LogP contribution in [0.3, 0.4) is 0 Å². The summed E-state index contributed by atoms with van der Waals surface area (Å²) in [6.45, 7) is -0.278. The average molecular weight is 505 g/mol. The van der Waals surface area contributed by atoms with Crippen molar-refractivity contribution in [1.82, 2.24) is 0 Å². The lowest BCUT2D eigenvalue weighted by Gasteiger charge is -2.32. The second-order valence-electron chi connectivity index (χ2n) is 10.4. The highest BCUT2D eigenvalue weighted by atomic mass is 19.4. The minimum Gasteiger partial charge on any atom is -0.399 e. The summed E-state index contributed by atoms with van der Waals surface area (Å²) in [7, 11) is 0. The van der Waals surface area contributed by atoms with Gasteiger partial charge in [-0.3, -0.25) is 4.39 Å². The lowest BCUT2D eigenvalue weighted by molar-refractivity contribution is -0.276. The molecule has 3 rings (SSSR count). The van der Waals surface area contributed by atoms with E-state index < -0.39 is 23.7 Å². The molecule has 1 aromatic rings. The van der Waals surface area contributed by atoms with Gasteiger partial charge in [0.05, 0.1) is 6.67 Å². The van der Waals surface area contributed by atoms with Crippen molar-refractivity contribution in [3.8, 4) is 5.75 Å². The number of halogens is 6. The SMILES string of the molecule is FCC/C=C/CCCC1CCC(CCC2CCC(c3cc(F)c(OC(F)(F)F)c(F)c3)CC2)CC1. The molecule has 198 valence electrons. The molecule has 0 radical (unpaired) electrons. The molecule has 0 heterocycles. The van der Waals surface area contributed by atoms with Crippen molar-refractivity contribution in [2.75, 3.05) is 6.67 Å². The van der Waals surface area contributed by atoms with Gasteiger partial charge in [-0.05, 0) is 86.3 Å². The van der Waals surface area contributed by atoms with Gasteiger partial charge in [-0.25, -0.2) is 8.78 Å². The van der Waals surface area contributed by atoms with Crippen molar-refractivity contribution in [1.29, 1.82) is 0 Å². The van der Waals surface area contributed by atoms with Crippen molar-refractivity contribution in [3.63, 3.8) is 0 Å². The first-order valence-electron chi connectivity index (χ1n) is 13.2. The molecule has 35 heavy (non-hydrogen) atoms. The summed E-state index contributed by atoms with van der Waals surface area (Å²) in [5.74, 6) is -1.79. The van der Waals surface area contributed by atoms with Gasteiger partial charge in [0.2, 0.25) is 5.75 Å². The van der Waals surface area contributed by atoms with E-state index in [4.69, 9.17) is 0 Å². The fourth-order valence-electron chi connectivity index (χ4n) is 5.92. The summed E-state index contributed by atoms with van der Waals surface area (Å²) in [6.07, 6.45) is 14.1. The Hall–Kier alpha value is -1.66. The van der Waals surface area contributed by atoms with E-state index >= 15 is 0 Å². The predicted octanol–water partition coefficient (Wildman–Crippen LogP) is 9.81. The van der Waals surface area contributed by atoms with Crippen LogP contribution in [0.1, 0.15) is 101 Å². The molecule has 0 aliphatic heterocycles. The number of ether oxygens (including phenoxy) is 1. The van der Waals surface area contributed by atoms with Crippen LogP contribution in [0.4, 0.5) is 26.3 Å². The molecule has 2 saturated carbocycles. The lowest BCUT2D eigenvalue weighted by atomic mass is 9.74. The third-order valence-corrected chi connectivity index (χ3v) is 7.93. The number of hydrogen-bond donors (Lipinski definition) is 0. The molecule has 0 N–H and O–H groups in total. The summed E-state index contributed by atoms with van der Waals surface area (Å²) in [6, 6.07) is 1.99. The quantitative estimate of drug-likeness (QED) is 0.166. The topological polar surface area (TPSA) is 9.23 Å². The Bertz CT molecular complexity index is 766. The monoisotopic (exact) mass is 504 g/mol. The first-order valence-corrected chi connectivity index (χ1v) is 13.2. The van der Waals surface area contributed by atoms with Crippen LogP contribution in [-0.4, -0.2) is 13.0 Å². The summed E-state index contributed by atoms with van der Waals surface area (Å²) >= 11 is 0. The third-order valence-electron chi connectivity index (χ3n) is 7.93. The molecule has 1 aromatic carbocycles. The second kappa shape index (κ2) is 13.6. The van der Waals surface area contributed by atoms with Gasteiger partial charge >= 0.3 is 6.36 Å². The molecule has 0 saturated heterocycles. The highest BCUT2D eigenvalue weighted by Crippen LogP contribution is 2.41. The molecule has 2 fully saturated rings. The Morgan fingerprint density at radius 3 is 1.74 bits per heavy atom. The second-order valence-corrected chi connectivity index (χ2v) is 10.4. The van der Waals surface area contributed by atoms with Crippen molar-refractivity contribution < 1.29 is 31.1 Å². The van der Waals surface area contributed by atoms with Crippen molar-refractivity contribution in [2.45, 2.75) is 102 Å². The molecule has 2 aliphatic rings. The summed E-state index contributed by atoms with van der Waals surface area (Å²) in [5.41, 5.74) is 0.421. The summed E-state index contributed by atoms with van der Waals surface area (Å²) < 4.78 is 80.8. The first kappa shape index (κ1) is 27.9. The average Bonchev–Trinajstić information content (AvgIpc) is 2.82. The summed E-state index contributed by atoms with van der Waals surface area (Å²) in [5, 5.41) is 0. The number of unbranched alkanes of at least 4 members (excludes halogenated alkanes) is 1. The molecule has 1 nitrogen and oxygen atoms in total. The number of allylic oxidation sites excluding steroid dienone is 2. The fourth-order valence-corrected chi connectivity index (χ4v) is 5.92. The van der Waals surface area contributed by atoms with Crippen molar-refractivity contribution >= 4 is 0 Å². The van der Waals surface area contributed by atoms with Gasteiger partial charge in [0, 0.05) is 0 Å². The first-order chi connectivity index (χ1) is 16.7. The van der Waals surface area contributed by atoms with Crippen LogP contribution in [-0.2, 0) is 0 Å². The van der Waals surface area contributed by atoms with Crippen LogP contribution >= 0.6 is 0 Å². The normalized spacial score (nSPS) is 25.8. The molecule has 0 spiro atoms. The predicted molar refractivity (Wildman–Crippen MR) is 126 cm³/mol. The Balaban J connectivity index is 1.34. The minimum absolute atomic E-state index is 0.0301. The highest BCUT2D eigenvalue weighted by Gasteiger charge is 2.35. The maximum Gasteiger partial charge on any atom is 0.573 e. The van der Waals surface area contributed by atoms with E-state index in [0.29, 0.717) is 17.9 Å². The Labute approximate surface area is 205 Å². The fraction of sp³-hybridized carbons (Fsp3) is 0.714. The molecule has 2 aliphatic carbocycles. The Kier molecular flexibility index (Phi) is 10.8. The highest BCUT2D eigenvalue weighted by molar-refractivity contribution is 5.33. The number of hydrogen-bond acceptors (Lipinski definition) is 1. The zero-order valence-electron chi connectivity index (χ0n) is 20.4. The van der Waals surface area contributed by atoms with Crippen molar-refractivity contribution in [2.24, 2.45) is 17.8 Å². The molecular formula is C28H38F6O. The molecule has 7 heteroatoms. The van der Waals surface area contributed by atoms with E-state index in [1.165, 1.54) is 51.4 Å². The van der Waals surface area contributed by atoms with Gasteiger partial charge < -0.3 is 4.74 Å². The maximum atomic E-state index is 14.1. The minimum atomic E-state index is -5.13. The lowest BCUT2D eigenvalue weighted by Crippen LogP contribution is -2.20. The van der Waals surface area contributed by atoms with E-state index in [1.54, 1.807) is 0 Å². The van der Waals surface area contributed by atoms with Crippen molar-refractivity contribution in [3.05, 3.63) is 41.5 Å². The molecule has 0 aromatic heterocycles. The third kappa shape index (κ3) is 9.38. The van der Waals surface area contributed by atoms with Crippen LogP contribution < -0.4 is 4.74 Å². The standard InChI is InChI=1S/C28H38F6O/c29-17-5-3-1-2-4-6-20-7-9-21(10-8-20)11-12-22-13-15-23(16-14-22)24-18-25(30)27(26(31)19-24)35-28(32,33)34/h1,3,18-23H,2,4-17H2/b3-1+. The van der Waals surface area contributed by atoms with Crippen LogP contribution in [0.5, 0.6) is 5.75 Å². The van der Waals surface area contributed by atoms with E-state index in [-0.39, 0.29) is 12.6 Å². The maximum absolute atomic E-state index is 14.1. The zero-order chi connectivity index (χ0) is 25.3. The van der Waals surface area contributed by atoms with Gasteiger partial charge in [0.1, 0.15) is 0 Å².